The van der Waals surface area contributed by atoms with Gasteiger partial charge in [0.2, 0.25) is 5.91 Å². The number of anilines is 1. The number of nitrogens with zero attached hydrogens (tertiary/aromatic N) is 5. The zero-order valence-electron chi connectivity index (χ0n) is 17.9. The van der Waals surface area contributed by atoms with E-state index in [4.69, 9.17) is 4.42 Å². The summed E-state index contributed by atoms with van der Waals surface area (Å²) in [6.07, 6.45) is 6.00. The zero-order chi connectivity index (χ0) is 22.1. The molecule has 0 radical (unpaired) electrons. The highest BCUT2D eigenvalue weighted by molar-refractivity contribution is 8.00. The first kappa shape index (κ1) is 20.5. The Kier molecular flexibility index (Phi) is 5.53. The van der Waals surface area contributed by atoms with E-state index < -0.39 is 0 Å². The van der Waals surface area contributed by atoms with Gasteiger partial charge in [-0.15, -0.1) is 10.2 Å². The van der Waals surface area contributed by atoms with Gasteiger partial charge < -0.3 is 9.32 Å². The molecule has 0 bridgehead atoms. The highest BCUT2D eigenvalue weighted by atomic mass is 32.2. The van der Waals surface area contributed by atoms with Crippen molar-refractivity contribution in [1.82, 2.24) is 19.7 Å². The van der Waals surface area contributed by atoms with E-state index in [0.717, 1.165) is 23.4 Å². The van der Waals surface area contributed by atoms with Gasteiger partial charge in [0.25, 0.3) is 0 Å². The molecule has 0 N–H and O–H groups in total. The fraction of sp³-hybridized carbons (Fsp3) is 0.250. The van der Waals surface area contributed by atoms with Gasteiger partial charge in [-0.05, 0) is 56.2 Å². The molecule has 1 aliphatic rings. The Bertz CT molecular complexity index is 1220. The van der Waals surface area contributed by atoms with Crippen molar-refractivity contribution in [2.24, 2.45) is 0 Å². The molecule has 7 nitrogen and oxygen atoms in total. The van der Waals surface area contributed by atoms with Gasteiger partial charge in [-0.3, -0.25) is 14.3 Å². The molecule has 32 heavy (non-hydrogen) atoms. The molecule has 0 saturated carbocycles. The number of hydrogen-bond donors (Lipinski definition) is 0. The number of rotatable bonds is 6. The highest BCUT2D eigenvalue weighted by Gasteiger charge is 2.34. The number of furan rings is 1. The average Bonchev–Trinajstić information content (AvgIpc) is 3.53. The Labute approximate surface area is 190 Å². The number of thioether (sulfide) groups is 1. The molecule has 8 heteroatoms. The third-order valence-corrected chi connectivity index (χ3v) is 6.67. The lowest BCUT2D eigenvalue weighted by Gasteiger charge is -2.25. The highest BCUT2D eigenvalue weighted by Crippen LogP contribution is 2.35. The first-order valence-electron chi connectivity index (χ1n) is 10.6. The molecular formula is C24H23N5O2S. The summed E-state index contributed by atoms with van der Waals surface area (Å²) < 4.78 is 7.54. The van der Waals surface area contributed by atoms with Gasteiger partial charge in [-0.1, -0.05) is 30.0 Å². The van der Waals surface area contributed by atoms with Crippen molar-refractivity contribution in [3.63, 3.8) is 0 Å². The number of para-hydroxylation sites is 1. The molecule has 1 aliphatic heterocycles. The molecule has 4 heterocycles. The van der Waals surface area contributed by atoms with E-state index >= 15 is 0 Å². The minimum absolute atomic E-state index is 0.0722. The molecular weight excluding hydrogens is 422 g/mol. The molecule has 0 saturated heterocycles. The quantitative estimate of drug-likeness (QED) is 0.409. The fourth-order valence-electron chi connectivity index (χ4n) is 4.09. The van der Waals surface area contributed by atoms with Gasteiger partial charge in [0.1, 0.15) is 5.76 Å². The molecule has 3 aromatic heterocycles. The molecule has 0 unspecified atom stereocenters. The second-order valence-electron chi connectivity index (χ2n) is 7.86. The van der Waals surface area contributed by atoms with Crippen LogP contribution < -0.4 is 4.90 Å². The van der Waals surface area contributed by atoms with Crippen molar-refractivity contribution < 1.29 is 9.21 Å². The number of fused-ring (bicyclic) bond motifs is 1. The van der Waals surface area contributed by atoms with E-state index in [1.165, 1.54) is 17.3 Å². The zero-order valence-corrected chi connectivity index (χ0v) is 18.7. The number of carbonyl (C=O) groups is 1. The van der Waals surface area contributed by atoms with Gasteiger partial charge in [0.05, 0.1) is 18.1 Å². The summed E-state index contributed by atoms with van der Waals surface area (Å²) in [5, 5.41) is 9.17. The largest absolute Gasteiger partial charge is 0.467 e. The van der Waals surface area contributed by atoms with Crippen LogP contribution in [0.2, 0.25) is 0 Å². The maximum atomic E-state index is 13.4. The maximum Gasteiger partial charge on any atom is 0.240 e. The number of amides is 1. The summed E-state index contributed by atoms with van der Waals surface area (Å²) in [4.78, 5) is 19.6. The second kappa shape index (κ2) is 8.63. The number of pyridine rings is 1. The lowest BCUT2D eigenvalue weighted by atomic mass is 10.1. The molecule has 0 spiro atoms. The Morgan fingerprint density at radius 2 is 2.06 bits per heavy atom. The number of aromatic nitrogens is 4. The van der Waals surface area contributed by atoms with Crippen LogP contribution in [0.1, 0.15) is 25.2 Å². The van der Waals surface area contributed by atoms with Crippen LogP contribution in [0, 0.1) is 0 Å². The number of benzene rings is 1. The minimum Gasteiger partial charge on any atom is -0.467 e. The van der Waals surface area contributed by atoms with Crippen LogP contribution in [0.5, 0.6) is 0 Å². The topological polar surface area (TPSA) is 77.1 Å². The Hall–Kier alpha value is -3.39. The van der Waals surface area contributed by atoms with Crippen LogP contribution in [-0.2, 0) is 17.8 Å². The summed E-state index contributed by atoms with van der Waals surface area (Å²) in [7, 11) is 0. The first-order chi connectivity index (χ1) is 15.6. The summed E-state index contributed by atoms with van der Waals surface area (Å²) in [6, 6.07) is 15.8. The summed E-state index contributed by atoms with van der Waals surface area (Å²) >= 11 is 1.42. The van der Waals surface area contributed by atoms with Crippen molar-refractivity contribution in [1.29, 1.82) is 0 Å². The summed E-state index contributed by atoms with van der Waals surface area (Å²) in [6.45, 7) is 4.49. The second-order valence-corrected chi connectivity index (χ2v) is 9.17. The predicted molar refractivity (Wildman–Crippen MR) is 123 cm³/mol. The van der Waals surface area contributed by atoms with Crippen molar-refractivity contribution in [3.05, 3.63) is 78.5 Å². The normalized spacial score (nSPS) is 16.2. The van der Waals surface area contributed by atoms with E-state index in [-0.39, 0.29) is 17.2 Å². The van der Waals surface area contributed by atoms with E-state index in [0.29, 0.717) is 17.5 Å². The Balaban J connectivity index is 1.43. The first-order valence-corrected chi connectivity index (χ1v) is 11.4. The summed E-state index contributed by atoms with van der Waals surface area (Å²) in [5.74, 6) is 1.55. The van der Waals surface area contributed by atoms with Crippen LogP contribution in [0.4, 0.5) is 5.69 Å². The molecule has 0 aliphatic carbocycles. The van der Waals surface area contributed by atoms with Gasteiger partial charge in [0, 0.05) is 29.7 Å². The van der Waals surface area contributed by atoms with Crippen LogP contribution >= 0.6 is 11.8 Å². The number of carbonyl (C=O) groups excluding carboxylic acids is 1. The van der Waals surface area contributed by atoms with E-state index in [1.807, 2.05) is 58.9 Å². The van der Waals surface area contributed by atoms with Crippen molar-refractivity contribution in [2.75, 3.05) is 4.90 Å². The van der Waals surface area contributed by atoms with Gasteiger partial charge in [-0.25, -0.2) is 0 Å². The van der Waals surface area contributed by atoms with Crippen molar-refractivity contribution in [2.45, 2.75) is 43.3 Å². The lowest BCUT2D eigenvalue weighted by Crippen LogP contribution is -2.40. The molecule has 4 aromatic rings. The number of hydrogen-bond acceptors (Lipinski definition) is 6. The van der Waals surface area contributed by atoms with E-state index in [9.17, 15) is 4.79 Å². The third kappa shape index (κ3) is 3.82. The summed E-state index contributed by atoms with van der Waals surface area (Å²) in [5.41, 5.74) is 3.08. The SMILES string of the molecule is C[C@@H]1Cc2ccccc2N1C(=O)[C@@H](C)Sc1nnc(-c2cccnc2)n1Cc1ccco1. The predicted octanol–water partition coefficient (Wildman–Crippen LogP) is 4.44. The van der Waals surface area contributed by atoms with Crippen LogP contribution in [0.3, 0.4) is 0 Å². The standard InChI is InChI=1S/C24H23N5O2S/c1-16-13-18-7-3-4-10-21(18)29(16)23(30)17(2)32-24-27-26-22(19-8-5-11-25-14-19)28(24)15-20-9-6-12-31-20/h3-12,14,16-17H,13,15H2,1-2H3/t16-,17-/m1/s1. The van der Waals surface area contributed by atoms with E-state index in [1.54, 1.807) is 18.7 Å². The monoisotopic (exact) mass is 445 g/mol. The van der Waals surface area contributed by atoms with Gasteiger partial charge >= 0.3 is 0 Å². The fourth-order valence-corrected chi connectivity index (χ4v) is 4.99. The molecule has 0 fully saturated rings. The van der Waals surface area contributed by atoms with Gasteiger partial charge in [-0.2, -0.15) is 0 Å². The Morgan fingerprint density at radius 1 is 1.19 bits per heavy atom. The van der Waals surface area contributed by atoms with Crippen LogP contribution in [0.25, 0.3) is 11.4 Å². The lowest BCUT2D eigenvalue weighted by molar-refractivity contribution is -0.118. The van der Waals surface area contributed by atoms with Gasteiger partial charge in [0.15, 0.2) is 11.0 Å². The third-order valence-electron chi connectivity index (χ3n) is 5.61. The minimum atomic E-state index is -0.329. The van der Waals surface area contributed by atoms with Crippen LogP contribution in [-0.4, -0.2) is 36.9 Å². The Morgan fingerprint density at radius 3 is 2.84 bits per heavy atom. The molecule has 5 rings (SSSR count). The van der Waals surface area contributed by atoms with Crippen molar-refractivity contribution in [3.8, 4) is 11.4 Å². The smallest absolute Gasteiger partial charge is 0.240 e. The maximum absolute atomic E-state index is 13.4. The molecule has 1 aromatic carbocycles. The molecule has 162 valence electrons. The van der Waals surface area contributed by atoms with Crippen molar-refractivity contribution >= 4 is 23.4 Å². The molecule has 2 atom stereocenters. The van der Waals surface area contributed by atoms with E-state index in [2.05, 4.69) is 28.2 Å². The van der Waals surface area contributed by atoms with Crippen LogP contribution in [0.15, 0.2) is 76.8 Å². The average molecular weight is 446 g/mol. The molecule has 1 amide bonds.